The lowest BCUT2D eigenvalue weighted by Crippen LogP contribution is -2.40. The van der Waals surface area contributed by atoms with E-state index in [0.717, 1.165) is 6.07 Å². The third-order valence-electron chi connectivity index (χ3n) is 4.32. The van der Waals surface area contributed by atoms with Crippen molar-refractivity contribution in [3.05, 3.63) is 65.2 Å². The number of hydrogen-bond donors (Lipinski definition) is 1. The van der Waals surface area contributed by atoms with Crippen LogP contribution in [0.15, 0.2) is 42.5 Å². The number of ether oxygens (including phenoxy) is 1. The van der Waals surface area contributed by atoms with Crippen LogP contribution in [0, 0.1) is 11.6 Å². The van der Waals surface area contributed by atoms with Crippen LogP contribution in [0.25, 0.3) is 0 Å². The molecule has 8 heteroatoms. The molecule has 2 aromatic rings. The van der Waals surface area contributed by atoms with E-state index in [1.165, 1.54) is 29.2 Å². The fourth-order valence-electron chi connectivity index (χ4n) is 3.05. The van der Waals surface area contributed by atoms with Crippen LogP contribution in [0.3, 0.4) is 0 Å². The predicted molar refractivity (Wildman–Crippen MR) is 90.1 cm³/mol. The summed E-state index contributed by atoms with van der Waals surface area (Å²) in [4.78, 5) is 11.9. The first-order valence-electron chi connectivity index (χ1n) is 8.33. The summed E-state index contributed by atoms with van der Waals surface area (Å²) in [5, 5.41) is 2.33. The molecular formula is C19H18F4N2O2. The van der Waals surface area contributed by atoms with Crippen molar-refractivity contribution in [1.82, 2.24) is 10.2 Å². The molecule has 2 aromatic carbocycles. The van der Waals surface area contributed by atoms with Crippen molar-refractivity contribution in [1.29, 1.82) is 0 Å². The molecule has 1 saturated heterocycles. The number of carbonyl (C=O) groups is 1. The monoisotopic (exact) mass is 382 g/mol. The molecule has 1 N–H and O–H groups in total. The number of halogens is 4. The number of rotatable bonds is 7. The van der Waals surface area contributed by atoms with E-state index >= 15 is 0 Å². The molecule has 144 valence electrons. The van der Waals surface area contributed by atoms with E-state index in [4.69, 9.17) is 4.74 Å². The normalized spacial score (nSPS) is 19.0. The Bertz CT molecular complexity index is 816. The Kier molecular flexibility index (Phi) is 5.65. The zero-order valence-electron chi connectivity index (χ0n) is 14.3. The van der Waals surface area contributed by atoms with E-state index in [9.17, 15) is 22.4 Å². The molecule has 0 saturated carbocycles. The quantitative estimate of drug-likeness (QED) is 0.589. The highest BCUT2D eigenvalue weighted by Gasteiger charge is 2.44. The zero-order valence-corrected chi connectivity index (χ0v) is 14.3. The first-order chi connectivity index (χ1) is 12.9. The fraction of sp³-hybridized carbons (Fsp3) is 0.316. The van der Waals surface area contributed by atoms with Crippen molar-refractivity contribution >= 4 is 6.41 Å². The van der Waals surface area contributed by atoms with Crippen LogP contribution >= 0.6 is 0 Å². The number of hydrogen-bond acceptors (Lipinski definition) is 3. The van der Waals surface area contributed by atoms with Gasteiger partial charge in [0, 0.05) is 24.6 Å². The molecule has 0 bridgehead atoms. The molecule has 0 spiro atoms. The maximum atomic E-state index is 14.4. The number of amides is 1. The Morgan fingerprint density at radius 3 is 2.74 bits per heavy atom. The van der Waals surface area contributed by atoms with E-state index in [0.29, 0.717) is 12.0 Å². The lowest BCUT2D eigenvalue weighted by atomic mass is 10.2. The lowest BCUT2D eigenvalue weighted by Gasteiger charge is -2.23. The van der Waals surface area contributed by atoms with Gasteiger partial charge in [-0.25, -0.2) is 17.6 Å². The van der Waals surface area contributed by atoms with Crippen molar-refractivity contribution in [2.24, 2.45) is 0 Å². The molecule has 1 heterocycles. The fourth-order valence-corrected chi connectivity index (χ4v) is 3.05. The van der Waals surface area contributed by atoms with E-state index in [2.05, 4.69) is 5.32 Å². The second-order valence-electron chi connectivity index (χ2n) is 6.44. The third kappa shape index (κ3) is 4.97. The number of carbonyl (C=O) groups excluding carboxylic acids is 1. The summed E-state index contributed by atoms with van der Waals surface area (Å²) >= 11 is 0. The van der Waals surface area contributed by atoms with Crippen LogP contribution in [0.4, 0.5) is 17.6 Å². The van der Waals surface area contributed by atoms with Gasteiger partial charge in [0.05, 0.1) is 12.7 Å². The molecule has 4 nitrogen and oxygen atoms in total. The van der Waals surface area contributed by atoms with E-state index in [1.807, 2.05) is 0 Å². The molecule has 1 aliphatic heterocycles. The van der Waals surface area contributed by atoms with Crippen LogP contribution in [0.1, 0.15) is 17.5 Å². The molecule has 0 aromatic heterocycles. The largest absolute Gasteiger partial charge is 0.489 e. The van der Waals surface area contributed by atoms with Gasteiger partial charge in [0.15, 0.2) is 0 Å². The molecule has 0 radical (unpaired) electrons. The number of nitrogens with one attached hydrogen (secondary N) is 1. The van der Waals surface area contributed by atoms with Gasteiger partial charge in [-0.1, -0.05) is 18.2 Å². The van der Waals surface area contributed by atoms with Crippen molar-refractivity contribution in [2.45, 2.75) is 31.7 Å². The molecule has 1 amide bonds. The number of nitrogens with zero attached hydrogens (tertiary/aromatic N) is 1. The van der Waals surface area contributed by atoms with Crippen molar-refractivity contribution in [3.63, 3.8) is 0 Å². The van der Waals surface area contributed by atoms with Crippen molar-refractivity contribution in [2.75, 3.05) is 6.54 Å². The molecule has 0 unspecified atom stereocenters. The van der Waals surface area contributed by atoms with Gasteiger partial charge in [-0.05, 0) is 23.8 Å². The van der Waals surface area contributed by atoms with Gasteiger partial charge in [-0.15, -0.1) is 0 Å². The van der Waals surface area contributed by atoms with E-state index in [1.54, 1.807) is 12.1 Å². The minimum Gasteiger partial charge on any atom is -0.489 e. The van der Waals surface area contributed by atoms with E-state index in [-0.39, 0.29) is 24.5 Å². The highest BCUT2D eigenvalue weighted by atomic mass is 19.3. The first kappa shape index (κ1) is 19.2. The second kappa shape index (κ2) is 7.96. The molecule has 1 atom stereocenters. The highest BCUT2D eigenvalue weighted by Crippen LogP contribution is 2.32. The van der Waals surface area contributed by atoms with Crippen LogP contribution in [-0.2, 0) is 17.9 Å². The van der Waals surface area contributed by atoms with Gasteiger partial charge < -0.3 is 10.1 Å². The van der Waals surface area contributed by atoms with Gasteiger partial charge in [0.1, 0.15) is 24.0 Å². The van der Waals surface area contributed by atoms with Gasteiger partial charge in [-0.2, -0.15) is 0 Å². The van der Waals surface area contributed by atoms with Crippen molar-refractivity contribution < 1.29 is 27.1 Å². The van der Waals surface area contributed by atoms with Gasteiger partial charge >= 0.3 is 0 Å². The Morgan fingerprint density at radius 2 is 2.04 bits per heavy atom. The number of benzene rings is 2. The first-order valence-corrected chi connectivity index (χ1v) is 8.33. The number of likely N-dealkylation sites (tertiary alicyclic amines) is 1. The lowest BCUT2D eigenvalue weighted by molar-refractivity contribution is -0.111. The maximum Gasteiger partial charge on any atom is 0.263 e. The molecule has 1 fully saturated rings. The van der Waals surface area contributed by atoms with Gasteiger partial charge in [0.2, 0.25) is 6.41 Å². The van der Waals surface area contributed by atoms with Crippen LogP contribution in [0.2, 0.25) is 0 Å². The third-order valence-corrected chi connectivity index (χ3v) is 4.32. The predicted octanol–water partition coefficient (Wildman–Crippen LogP) is 3.46. The minimum absolute atomic E-state index is 0.0697. The Hall–Kier alpha value is -2.61. The smallest absolute Gasteiger partial charge is 0.263 e. The molecule has 0 aliphatic carbocycles. The maximum absolute atomic E-state index is 14.4. The Morgan fingerprint density at radius 1 is 1.22 bits per heavy atom. The summed E-state index contributed by atoms with van der Waals surface area (Å²) in [5.74, 6) is -3.69. The summed E-state index contributed by atoms with van der Waals surface area (Å²) in [5.41, 5.74) is 0.810. The molecular weight excluding hydrogens is 364 g/mol. The highest BCUT2D eigenvalue weighted by molar-refractivity contribution is 5.46. The Labute approximate surface area is 153 Å². The topological polar surface area (TPSA) is 41.6 Å². The summed E-state index contributed by atoms with van der Waals surface area (Å²) in [7, 11) is 0. The summed E-state index contributed by atoms with van der Waals surface area (Å²) < 4.78 is 60.1. The zero-order chi connectivity index (χ0) is 19.4. The molecule has 1 aliphatic rings. The Balaban J connectivity index is 1.65. The van der Waals surface area contributed by atoms with Crippen LogP contribution in [-0.4, -0.2) is 29.9 Å². The standard InChI is InChI=1S/C19H18F4N2O2/c20-15-3-1-2-13(6-15)10-27-16-5-4-14(17(21)7-16)9-25-11-19(22,23)8-18(25)24-12-26/h1-7,12,18H,8-11H2,(H,24,26)/t18-/m0/s1. The van der Waals surface area contributed by atoms with Gasteiger partial charge in [-0.3, -0.25) is 9.69 Å². The molecule has 27 heavy (non-hydrogen) atoms. The van der Waals surface area contributed by atoms with Crippen LogP contribution < -0.4 is 10.1 Å². The SMILES string of the molecule is O=CN[C@@H]1CC(F)(F)CN1Cc1ccc(OCc2cccc(F)c2)cc1F. The second-order valence-corrected chi connectivity index (χ2v) is 6.44. The summed E-state index contributed by atoms with van der Waals surface area (Å²) in [6.07, 6.45) is -0.998. The van der Waals surface area contributed by atoms with Crippen LogP contribution in [0.5, 0.6) is 5.75 Å². The van der Waals surface area contributed by atoms with E-state index < -0.39 is 36.7 Å². The van der Waals surface area contributed by atoms with Crippen molar-refractivity contribution in [3.8, 4) is 5.75 Å². The average molecular weight is 382 g/mol. The minimum atomic E-state index is -2.94. The molecule has 3 rings (SSSR count). The summed E-state index contributed by atoms with van der Waals surface area (Å²) in [6.45, 7) is -0.562. The number of alkyl halides is 2. The average Bonchev–Trinajstić information content (AvgIpc) is 2.89. The van der Waals surface area contributed by atoms with Gasteiger partial charge in [0.25, 0.3) is 5.92 Å². The summed E-state index contributed by atoms with van der Waals surface area (Å²) in [6, 6.07) is 9.99.